The summed E-state index contributed by atoms with van der Waals surface area (Å²) in [5.41, 5.74) is 12.5. The van der Waals surface area contributed by atoms with Crippen LogP contribution in [-0.2, 0) is 4.79 Å². The molecule has 0 spiro atoms. The number of rotatable bonds is 6. The molecule has 0 aliphatic carbocycles. The van der Waals surface area contributed by atoms with Gasteiger partial charge in [-0.05, 0) is 55.5 Å². The molecule has 0 saturated carbocycles. The van der Waals surface area contributed by atoms with Crippen LogP contribution in [0.4, 0.5) is 22.7 Å². The number of nitrogens with two attached hydrogens (primary N) is 1. The summed E-state index contributed by atoms with van der Waals surface area (Å²) in [4.78, 5) is 29.6. The zero-order chi connectivity index (χ0) is 24.4. The average molecular weight is 482 g/mol. The minimum absolute atomic E-state index is 0.124. The quantitative estimate of drug-likeness (QED) is 0.218. The molecular weight excluding hydrogens is 458 g/mol. The molecule has 8 heteroatoms. The Kier molecular flexibility index (Phi) is 6.03. The molecule has 0 saturated heterocycles. The maximum absolute atomic E-state index is 12.5. The summed E-state index contributed by atoms with van der Waals surface area (Å²) >= 11 is 1.60. The number of aromatic nitrogens is 1. The van der Waals surface area contributed by atoms with Crippen molar-refractivity contribution >= 4 is 51.5 Å². The molecule has 5 N–H and O–H groups in total. The lowest BCUT2D eigenvalue weighted by molar-refractivity contribution is -0.110. The highest BCUT2D eigenvalue weighted by Crippen LogP contribution is 2.35. The molecule has 0 atom stereocenters. The van der Waals surface area contributed by atoms with Crippen molar-refractivity contribution in [3.05, 3.63) is 94.3 Å². The van der Waals surface area contributed by atoms with E-state index in [2.05, 4.69) is 20.9 Å². The second-order valence-corrected chi connectivity index (χ2v) is 9.15. The van der Waals surface area contributed by atoms with Crippen LogP contribution >= 0.6 is 11.3 Å². The smallest absolute Gasteiger partial charge is 0.256 e. The summed E-state index contributed by atoms with van der Waals surface area (Å²) in [6, 6.07) is 20.1. The fraction of sp³-hybridized carbons (Fsp3) is 0.0741. The van der Waals surface area contributed by atoms with Crippen LogP contribution in [0.2, 0.25) is 0 Å². The summed E-state index contributed by atoms with van der Waals surface area (Å²) in [7, 11) is 0. The fourth-order valence-corrected chi connectivity index (χ4v) is 4.48. The molecule has 0 unspecified atom stereocenters. The third kappa shape index (κ3) is 4.78. The minimum Gasteiger partial charge on any atom is -0.397 e. The zero-order valence-electron chi connectivity index (χ0n) is 19.0. The Labute approximate surface area is 206 Å². The predicted molar refractivity (Wildman–Crippen MR) is 143 cm³/mol. The minimum atomic E-state index is -0.234. The van der Waals surface area contributed by atoms with Crippen molar-refractivity contribution < 1.29 is 9.59 Å². The van der Waals surface area contributed by atoms with Crippen molar-refractivity contribution in [2.45, 2.75) is 6.92 Å². The SMILES string of the molecule is Cc1nc(-c2ccc3c(c2)C(=CCNc2ccc(C(=O)Nc4ccccc4N)cc2)C(=O)N3)cs1. The standard InChI is InChI=1S/C27H23N5O2S/c1-16-30-25(15-35-16)18-8-11-23-21(14-18)20(27(34)31-23)12-13-29-19-9-6-17(7-10-19)26(33)32-24-5-3-2-4-22(24)28/h2-12,14-15,29H,13,28H2,1H3,(H,31,34)(H,32,33). The normalized spacial score (nSPS) is 13.4. The van der Waals surface area contributed by atoms with Crippen LogP contribution in [0.3, 0.4) is 0 Å². The number of anilines is 4. The maximum Gasteiger partial charge on any atom is 0.256 e. The number of nitrogens with zero attached hydrogens (tertiary/aromatic N) is 1. The second kappa shape index (κ2) is 9.44. The molecule has 0 bridgehead atoms. The van der Waals surface area contributed by atoms with Gasteiger partial charge in [0.2, 0.25) is 0 Å². The first kappa shape index (κ1) is 22.4. The van der Waals surface area contributed by atoms with E-state index in [4.69, 9.17) is 5.73 Å². The summed E-state index contributed by atoms with van der Waals surface area (Å²) in [6.07, 6.45) is 1.87. The lowest BCUT2D eigenvalue weighted by atomic mass is 10.0. The molecule has 5 rings (SSSR count). The Bertz CT molecular complexity index is 1460. The number of para-hydroxylation sites is 2. The number of thiazole rings is 1. The molecule has 35 heavy (non-hydrogen) atoms. The van der Waals surface area contributed by atoms with Gasteiger partial charge in [-0.1, -0.05) is 24.3 Å². The van der Waals surface area contributed by atoms with Crippen LogP contribution in [0.5, 0.6) is 0 Å². The Morgan fingerprint density at radius 1 is 1.11 bits per heavy atom. The molecule has 1 aromatic heterocycles. The van der Waals surface area contributed by atoms with E-state index >= 15 is 0 Å². The van der Waals surface area contributed by atoms with Crippen molar-refractivity contribution in [2.24, 2.45) is 0 Å². The predicted octanol–water partition coefficient (Wildman–Crippen LogP) is 5.40. The molecule has 174 valence electrons. The number of nitrogens with one attached hydrogen (secondary N) is 3. The van der Waals surface area contributed by atoms with Gasteiger partial charge in [0.1, 0.15) is 0 Å². The summed E-state index contributed by atoms with van der Waals surface area (Å²) in [5.74, 6) is -0.359. The lowest BCUT2D eigenvalue weighted by Crippen LogP contribution is -2.13. The van der Waals surface area contributed by atoms with Gasteiger partial charge in [0.05, 0.1) is 22.1 Å². The van der Waals surface area contributed by atoms with Crippen molar-refractivity contribution in [2.75, 3.05) is 28.2 Å². The van der Waals surface area contributed by atoms with E-state index in [0.717, 1.165) is 33.2 Å². The van der Waals surface area contributed by atoms with Gasteiger partial charge in [0.15, 0.2) is 0 Å². The summed E-state index contributed by atoms with van der Waals surface area (Å²) in [6.45, 7) is 2.43. The first-order chi connectivity index (χ1) is 17.0. The second-order valence-electron chi connectivity index (χ2n) is 8.08. The molecule has 7 nitrogen and oxygen atoms in total. The fourth-order valence-electron chi connectivity index (χ4n) is 3.86. The van der Waals surface area contributed by atoms with Crippen molar-refractivity contribution in [3.8, 4) is 11.3 Å². The molecule has 2 heterocycles. The molecule has 2 amide bonds. The monoisotopic (exact) mass is 481 g/mol. The number of carbonyl (C=O) groups is 2. The topological polar surface area (TPSA) is 109 Å². The average Bonchev–Trinajstić information content (AvgIpc) is 3.43. The van der Waals surface area contributed by atoms with Gasteiger partial charge in [-0.15, -0.1) is 11.3 Å². The number of fused-ring (bicyclic) bond motifs is 1. The van der Waals surface area contributed by atoms with Gasteiger partial charge in [-0.25, -0.2) is 4.98 Å². The maximum atomic E-state index is 12.5. The molecule has 3 aromatic carbocycles. The number of hydrogen-bond acceptors (Lipinski definition) is 6. The van der Waals surface area contributed by atoms with E-state index in [-0.39, 0.29) is 11.8 Å². The lowest BCUT2D eigenvalue weighted by Gasteiger charge is -2.09. The first-order valence-electron chi connectivity index (χ1n) is 11.1. The Morgan fingerprint density at radius 2 is 1.91 bits per heavy atom. The highest BCUT2D eigenvalue weighted by molar-refractivity contribution is 7.09. The highest BCUT2D eigenvalue weighted by Gasteiger charge is 2.24. The van der Waals surface area contributed by atoms with Gasteiger partial charge in [-0.2, -0.15) is 0 Å². The Hall–Kier alpha value is -4.43. The van der Waals surface area contributed by atoms with E-state index in [1.54, 1.807) is 35.6 Å². The van der Waals surface area contributed by atoms with Crippen molar-refractivity contribution in [1.82, 2.24) is 4.98 Å². The van der Waals surface area contributed by atoms with Crippen LogP contribution in [0.15, 0.2) is 78.2 Å². The Balaban J connectivity index is 1.25. The van der Waals surface area contributed by atoms with Gasteiger partial charge in [0, 0.05) is 45.6 Å². The van der Waals surface area contributed by atoms with E-state index in [1.165, 1.54) is 0 Å². The third-order valence-corrected chi connectivity index (χ3v) is 6.46. The van der Waals surface area contributed by atoms with E-state index < -0.39 is 0 Å². The van der Waals surface area contributed by atoms with E-state index in [1.807, 2.05) is 60.8 Å². The third-order valence-electron chi connectivity index (χ3n) is 5.69. The Morgan fingerprint density at radius 3 is 2.66 bits per heavy atom. The molecular formula is C27H23N5O2S. The van der Waals surface area contributed by atoms with Gasteiger partial charge < -0.3 is 21.7 Å². The number of benzene rings is 3. The van der Waals surface area contributed by atoms with Crippen LogP contribution < -0.4 is 21.7 Å². The number of nitrogen functional groups attached to an aromatic ring is 1. The summed E-state index contributed by atoms with van der Waals surface area (Å²) in [5, 5.41) is 12.0. The van der Waals surface area contributed by atoms with Crippen LogP contribution in [0, 0.1) is 6.92 Å². The number of hydrogen-bond donors (Lipinski definition) is 4. The van der Waals surface area contributed by atoms with Gasteiger partial charge in [-0.3, -0.25) is 9.59 Å². The first-order valence-corrected chi connectivity index (χ1v) is 11.9. The summed E-state index contributed by atoms with van der Waals surface area (Å²) < 4.78 is 0. The molecule has 1 aliphatic rings. The van der Waals surface area contributed by atoms with Crippen LogP contribution in [-0.4, -0.2) is 23.3 Å². The van der Waals surface area contributed by atoms with Crippen molar-refractivity contribution in [1.29, 1.82) is 0 Å². The molecule has 0 radical (unpaired) electrons. The molecule has 0 fully saturated rings. The zero-order valence-corrected chi connectivity index (χ0v) is 19.8. The van der Waals surface area contributed by atoms with Crippen LogP contribution in [0.25, 0.3) is 16.8 Å². The van der Waals surface area contributed by atoms with Crippen molar-refractivity contribution in [3.63, 3.8) is 0 Å². The number of carbonyl (C=O) groups excluding carboxylic acids is 2. The number of aryl methyl sites for hydroxylation is 1. The largest absolute Gasteiger partial charge is 0.397 e. The van der Waals surface area contributed by atoms with E-state index in [9.17, 15) is 9.59 Å². The highest BCUT2D eigenvalue weighted by atomic mass is 32.1. The van der Waals surface area contributed by atoms with E-state index in [0.29, 0.717) is 29.1 Å². The molecule has 1 aliphatic heterocycles. The van der Waals surface area contributed by atoms with Gasteiger partial charge in [0.25, 0.3) is 11.8 Å². The van der Waals surface area contributed by atoms with Gasteiger partial charge >= 0.3 is 0 Å². The number of amides is 2. The molecule has 4 aromatic rings. The van der Waals surface area contributed by atoms with Crippen LogP contribution in [0.1, 0.15) is 20.9 Å².